The van der Waals surface area contributed by atoms with E-state index in [4.69, 9.17) is 5.11 Å². The summed E-state index contributed by atoms with van der Waals surface area (Å²) in [5.41, 5.74) is 0.159. The van der Waals surface area contributed by atoms with E-state index in [0.29, 0.717) is 6.04 Å². The maximum atomic E-state index is 10.7. The predicted molar refractivity (Wildman–Crippen MR) is 59.9 cm³/mol. The third-order valence-corrected chi connectivity index (χ3v) is 2.57. The normalized spacial score (nSPS) is 21.5. The highest BCUT2D eigenvalue weighted by Gasteiger charge is 2.17. The minimum Gasteiger partial charge on any atom is -0.477 e. The van der Waals surface area contributed by atoms with Gasteiger partial charge in [0.15, 0.2) is 0 Å². The number of hydrogen-bond donors (Lipinski definition) is 1. The Morgan fingerprint density at radius 1 is 1.60 bits per heavy atom. The van der Waals surface area contributed by atoms with Crippen molar-refractivity contribution >= 4 is 11.7 Å². The van der Waals surface area contributed by atoms with E-state index in [2.05, 4.69) is 17.3 Å². The van der Waals surface area contributed by atoms with Crippen molar-refractivity contribution in [3.63, 3.8) is 0 Å². The van der Waals surface area contributed by atoms with Crippen LogP contribution in [-0.2, 0) is 4.79 Å². The number of carboxylic acid groups (broad SMARTS) is 1. The number of rotatable bonds is 4. The molecule has 0 aromatic heterocycles. The maximum absolute atomic E-state index is 10.7. The number of carboxylic acids is 1. The van der Waals surface area contributed by atoms with Crippen LogP contribution in [0.15, 0.2) is 17.3 Å². The third-order valence-electron chi connectivity index (χ3n) is 2.57. The van der Waals surface area contributed by atoms with E-state index in [1.165, 1.54) is 6.92 Å². The van der Waals surface area contributed by atoms with Crippen LogP contribution in [0.25, 0.3) is 0 Å². The fourth-order valence-corrected chi connectivity index (χ4v) is 1.69. The number of hydrogen-bond acceptors (Lipinski definition) is 3. The number of aliphatic carboxylic acids is 1. The molecule has 0 radical (unpaired) electrons. The predicted octanol–water partition coefficient (Wildman–Crippen LogP) is 1.88. The molecule has 1 unspecified atom stereocenters. The summed E-state index contributed by atoms with van der Waals surface area (Å²) in [7, 11) is 0. The number of carbonyl (C=O) groups is 1. The molecule has 4 nitrogen and oxygen atoms in total. The second kappa shape index (κ2) is 5.53. The zero-order valence-corrected chi connectivity index (χ0v) is 9.31. The Kier molecular flexibility index (Phi) is 4.34. The van der Waals surface area contributed by atoms with E-state index in [1.807, 2.05) is 11.9 Å². The van der Waals surface area contributed by atoms with Gasteiger partial charge in [0.25, 0.3) is 0 Å². The van der Waals surface area contributed by atoms with Crippen molar-refractivity contribution in [2.75, 3.05) is 6.54 Å². The van der Waals surface area contributed by atoms with Gasteiger partial charge < -0.3 is 5.11 Å². The molecule has 4 heteroatoms. The number of hydrazone groups is 1. The first-order chi connectivity index (χ1) is 7.15. The monoisotopic (exact) mass is 210 g/mol. The Morgan fingerprint density at radius 2 is 2.33 bits per heavy atom. The van der Waals surface area contributed by atoms with E-state index < -0.39 is 5.97 Å². The van der Waals surface area contributed by atoms with Crippen molar-refractivity contribution in [2.24, 2.45) is 5.10 Å². The molecular weight excluding hydrogens is 192 g/mol. The molecule has 84 valence electrons. The molecule has 1 aliphatic carbocycles. The van der Waals surface area contributed by atoms with Gasteiger partial charge in [-0.3, -0.25) is 5.01 Å². The van der Waals surface area contributed by atoms with Gasteiger partial charge in [0.1, 0.15) is 5.71 Å². The molecule has 1 N–H and O–H groups in total. The molecule has 0 spiro atoms. The fraction of sp³-hybridized carbons (Fsp3) is 0.636. The highest BCUT2D eigenvalue weighted by atomic mass is 16.4. The van der Waals surface area contributed by atoms with E-state index >= 15 is 0 Å². The largest absolute Gasteiger partial charge is 0.477 e. The van der Waals surface area contributed by atoms with Crippen molar-refractivity contribution in [1.82, 2.24) is 5.01 Å². The Hall–Kier alpha value is -1.32. The summed E-state index contributed by atoms with van der Waals surface area (Å²) < 4.78 is 0. The van der Waals surface area contributed by atoms with Crippen LogP contribution in [0.4, 0.5) is 0 Å². The van der Waals surface area contributed by atoms with Gasteiger partial charge in [-0.2, -0.15) is 5.10 Å². The molecule has 1 atom stereocenters. The molecule has 0 saturated heterocycles. The van der Waals surface area contributed by atoms with Crippen LogP contribution in [0.5, 0.6) is 0 Å². The van der Waals surface area contributed by atoms with E-state index in [9.17, 15) is 4.79 Å². The van der Waals surface area contributed by atoms with E-state index in [1.54, 1.807) is 0 Å². The lowest BCUT2D eigenvalue weighted by Crippen LogP contribution is -2.33. The minimum absolute atomic E-state index is 0.159. The molecule has 0 saturated carbocycles. The molecule has 1 rings (SSSR count). The van der Waals surface area contributed by atoms with Gasteiger partial charge in [-0.15, -0.1) is 0 Å². The number of nitrogens with zero attached hydrogens (tertiary/aromatic N) is 2. The molecule has 0 bridgehead atoms. The van der Waals surface area contributed by atoms with E-state index in [-0.39, 0.29) is 5.71 Å². The van der Waals surface area contributed by atoms with Crippen molar-refractivity contribution in [3.05, 3.63) is 12.2 Å². The standard InChI is InChI=1S/C11H18N2O2/c1-3-13(12-9(2)11(14)15)10-7-5-4-6-8-10/h4-5,10H,3,6-8H2,1-2H3,(H,14,15). The zero-order chi connectivity index (χ0) is 11.3. The molecule has 0 aliphatic heterocycles. The molecule has 0 heterocycles. The summed E-state index contributed by atoms with van der Waals surface area (Å²) in [4.78, 5) is 10.7. The Bertz CT molecular complexity index is 284. The van der Waals surface area contributed by atoms with Crippen molar-refractivity contribution < 1.29 is 9.90 Å². The highest BCUT2D eigenvalue weighted by molar-refractivity contribution is 6.34. The average Bonchev–Trinajstić information content (AvgIpc) is 2.26. The van der Waals surface area contributed by atoms with Gasteiger partial charge >= 0.3 is 5.97 Å². The smallest absolute Gasteiger partial charge is 0.351 e. The molecule has 1 aliphatic rings. The van der Waals surface area contributed by atoms with E-state index in [0.717, 1.165) is 25.8 Å². The zero-order valence-electron chi connectivity index (χ0n) is 9.31. The molecule has 0 aromatic carbocycles. The minimum atomic E-state index is -0.945. The summed E-state index contributed by atoms with van der Waals surface area (Å²) in [5, 5.41) is 14.8. The second-order valence-corrected chi connectivity index (χ2v) is 3.68. The molecule has 15 heavy (non-hydrogen) atoms. The Labute approximate surface area is 90.3 Å². The summed E-state index contributed by atoms with van der Waals surface area (Å²) in [5.74, 6) is -0.945. The summed E-state index contributed by atoms with van der Waals surface area (Å²) in [6.07, 6.45) is 7.38. The van der Waals surface area contributed by atoms with Crippen molar-refractivity contribution in [2.45, 2.75) is 39.2 Å². The van der Waals surface area contributed by atoms with Gasteiger partial charge in [-0.1, -0.05) is 12.2 Å². The SMILES string of the molecule is CCN(N=C(C)C(=O)O)C1CC=CCC1. The molecule has 0 amide bonds. The fourth-order valence-electron chi connectivity index (χ4n) is 1.69. The van der Waals surface area contributed by atoms with Crippen LogP contribution in [-0.4, -0.2) is 34.4 Å². The lowest BCUT2D eigenvalue weighted by atomic mass is 10.0. The van der Waals surface area contributed by atoms with Crippen LogP contribution >= 0.6 is 0 Å². The Morgan fingerprint density at radius 3 is 2.80 bits per heavy atom. The third kappa shape index (κ3) is 3.38. The molecular formula is C11H18N2O2. The molecule has 0 aromatic rings. The lowest BCUT2D eigenvalue weighted by molar-refractivity contribution is -0.129. The van der Waals surface area contributed by atoms with Crippen LogP contribution in [0, 0.1) is 0 Å². The second-order valence-electron chi connectivity index (χ2n) is 3.68. The molecule has 0 fully saturated rings. The van der Waals surface area contributed by atoms with Crippen molar-refractivity contribution in [3.8, 4) is 0 Å². The van der Waals surface area contributed by atoms with Gasteiger partial charge in [0, 0.05) is 6.54 Å². The van der Waals surface area contributed by atoms with Gasteiger partial charge in [-0.25, -0.2) is 4.79 Å². The number of allylic oxidation sites excluding steroid dienone is 1. The summed E-state index contributed by atoms with van der Waals surface area (Å²) in [6, 6.07) is 0.356. The first kappa shape index (κ1) is 11.8. The lowest BCUT2D eigenvalue weighted by Gasteiger charge is -2.29. The van der Waals surface area contributed by atoms with Crippen molar-refractivity contribution in [1.29, 1.82) is 0 Å². The summed E-state index contributed by atoms with van der Waals surface area (Å²) in [6.45, 7) is 4.28. The van der Waals surface area contributed by atoms with Crippen LogP contribution in [0.3, 0.4) is 0 Å². The topological polar surface area (TPSA) is 52.9 Å². The van der Waals surface area contributed by atoms with Crippen LogP contribution < -0.4 is 0 Å². The van der Waals surface area contributed by atoms with Gasteiger partial charge in [-0.05, 0) is 33.1 Å². The maximum Gasteiger partial charge on any atom is 0.351 e. The van der Waals surface area contributed by atoms with Crippen LogP contribution in [0.2, 0.25) is 0 Å². The summed E-state index contributed by atoms with van der Waals surface area (Å²) >= 11 is 0. The first-order valence-corrected chi connectivity index (χ1v) is 5.35. The highest BCUT2D eigenvalue weighted by Crippen LogP contribution is 2.17. The Balaban J connectivity index is 2.66. The first-order valence-electron chi connectivity index (χ1n) is 5.35. The quantitative estimate of drug-likeness (QED) is 0.438. The van der Waals surface area contributed by atoms with Gasteiger partial charge in [0.05, 0.1) is 6.04 Å². The van der Waals surface area contributed by atoms with Gasteiger partial charge in [0.2, 0.25) is 0 Å². The van der Waals surface area contributed by atoms with Crippen LogP contribution in [0.1, 0.15) is 33.1 Å². The average molecular weight is 210 g/mol.